The molecule has 0 radical (unpaired) electrons. The van der Waals surface area contributed by atoms with E-state index in [1.807, 2.05) is 6.08 Å². The van der Waals surface area contributed by atoms with Crippen molar-refractivity contribution in [3.8, 4) is 0 Å². The Labute approximate surface area is 89.8 Å². The van der Waals surface area contributed by atoms with E-state index in [-0.39, 0.29) is 0 Å². The van der Waals surface area contributed by atoms with Gasteiger partial charge < -0.3 is 0 Å². The standard InChI is InChI=1S/C14H26/c1-2-3-4-5-6-7-8-9-10-11-14-12-13-14/h2,14H,1,3-13H2. The normalized spacial score (nSPS) is 15.7. The summed E-state index contributed by atoms with van der Waals surface area (Å²) in [6.45, 7) is 3.74. The topological polar surface area (TPSA) is 0 Å². The SMILES string of the molecule is C=CCCCCCCCCCC1CC1. The molecule has 0 spiro atoms. The van der Waals surface area contributed by atoms with E-state index in [1.165, 1.54) is 70.6 Å². The molecule has 1 rings (SSSR count). The Morgan fingerprint density at radius 2 is 1.43 bits per heavy atom. The van der Waals surface area contributed by atoms with E-state index >= 15 is 0 Å². The molecule has 0 amide bonds. The molecule has 0 bridgehead atoms. The van der Waals surface area contributed by atoms with Gasteiger partial charge in [-0.25, -0.2) is 0 Å². The van der Waals surface area contributed by atoms with Gasteiger partial charge in [-0.3, -0.25) is 0 Å². The van der Waals surface area contributed by atoms with Crippen LogP contribution in [0.1, 0.15) is 70.6 Å². The molecule has 1 fully saturated rings. The average molecular weight is 194 g/mol. The Bertz CT molecular complexity index is 133. The third-order valence-electron chi connectivity index (χ3n) is 3.22. The minimum atomic E-state index is 1.14. The summed E-state index contributed by atoms with van der Waals surface area (Å²) in [6, 6.07) is 0. The van der Waals surface area contributed by atoms with Gasteiger partial charge in [0.05, 0.1) is 0 Å². The summed E-state index contributed by atoms with van der Waals surface area (Å²) in [6.07, 6.45) is 18.0. The van der Waals surface area contributed by atoms with E-state index in [0.29, 0.717) is 0 Å². The van der Waals surface area contributed by atoms with Crippen LogP contribution in [0, 0.1) is 5.92 Å². The van der Waals surface area contributed by atoms with Crippen LogP contribution in [0.4, 0.5) is 0 Å². The Morgan fingerprint density at radius 3 is 2.00 bits per heavy atom. The Morgan fingerprint density at radius 1 is 0.857 bits per heavy atom. The van der Waals surface area contributed by atoms with Crippen molar-refractivity contribution in [1.29, 1.82) is 0 Å². The monoisotopic (exact) mass is 194 g/mol. The molecule has 0 aromatic carbocycles. The quantitative estimate of drug-likeness (QED) is 0.335. The van der Waals surface area contributed by atoms with Crippen molar-refractivity contribution in [3.05, 3.63) is 12.7 Å². The predicted octanol–water partition coefficient (Wildman–Crippen LogP) is 5.09. The average Bonchev–Trinajstić information content (AvgIpc) is 2.99. The van der Waals surface area contributed by atoms with Gasteiger partial charge in [0.25, 0.3) is 0 Å². The van der Waals surface area contributed by atoms with Crippen LogP contribution < -0.4 is 0 Å². The van der Waals surface area contributed by atoms with Crippen LogP contribution in [0.25, 0.3) is 0 Å². The summed E-state index contributed by atoms with van der Waals surface area (Å²) in [5.74, 6) is 1.14. The molecule has 1 saturated carbocycles. The predicted molar refractivity (Wildman–Crippen MR) is 64.5 cm³/mol. The molecule has 0 aromatic heterocycles. The van der Waals surface area contributed by atoms with Crippen molar-refractivity contribution in [3.63, 3.8) is 0 Å². The van der Waals surface area contributed by atoms with Crippen molar-refractivity contribution in [2.45, 2.75) is 70.6 Å². The lowest BCUT2D eigenvalue weighted by molar-refractivity contribution is 0.554. The van der Waals surface area contributed by atoms with Crippen molar-refractivity contribution < 1.29 is 0 Å². The summed E-state index contributed by atoms with van der Waals surface area (Å²) in [7, 11) is 0. The zero-order chi connectivity index (χ0) is 10.1. The molecular formula is C14H26. The highest BCUT2D eigenvalue weighted by atomic mass is 14.3. The van der Waals surface area contributed by atoms with Gasteiger partial charge in [-0.15, -0.1) is 6.58 Å². The molecule has 0 N–H and O–H groups in total. The second-order valence-electron chi connectivity index (χ2n) is 4.78. The van der Waals surface area contributed by atoms with Gasteiger partial charge in [0, 0.05) is 0 Å². The lowest BCUT2D eigenvalue weighted by Gasteiger charge is -2.00. The second kappa shape index (κ2) is 8.08. The second-order valence-corrected chi connectivity index (χ2v) is 4.78. The highest BCUT2D eigenvalue weighted by Gasteiger charge is 2.19. The first-order valence-corrected chi connectivity index (χ1v) is 6.54. The first-order chi connectivity index (χ1) is 6.93. The van der Waals surface area contributed by atoms with E-state index in [4.69, 9.17) is 0 Å². The molecule has 1 aliphatic rings. The van der Waals surface area contributed by atoms with E-state index in [1.54, 1.807) is 0 Å². The van der Waals surface area contributed by atoms with Crippen LogP contribution in [0.3, 0.4) is 0 Å². The molecule has 0 atom stereocenters. The van der Waals surface area contributed by atoms with Crippen LogP contribution >= 0.6 is 0 Å². The summed E-state index contributed by atoms with van der Waals surface area (Å²) in [5, 5.41) is 0. The van der Waals surface area contributed by atoms with Crippen molar-refractivity contribution >= 4 is 0 Å². The fourth-order valence-electron chi connectivity index (χ4n) is 2.01. The third kappa shape index (κ3) is 7.17. The maximum atomic E-state index is 3.74. The molecule has 0 aromatic rings. The Kier molecular flexibility index (Phi) is 6.82. The molecule has 1 aliphatic carbocycles. The van der Waals surface area contributed by atoms with E-state index in [9.17, 15) is 0 Å². The van der Waals surface area contributed by atoms with Gasteiger partial charge in [0.2, 0.25) is 0 Å². The summed E-state index contributed by atoms with van der Waals surface area (Å²) in [5.41, 5.74) is 0. The van der Waals surface area contributed by atoms with Crippen LogP contribution in [0.15, 0.2) is 12.7 Å². The minimum absolute atomic E-state index is 1.14. The van der Waals surface area contributed by atoms with Crippen molar-refractivity contribution in [2.24, 2.45) is 5.92 Å². The number of allylic oxidation sites excluding steroid dienone is 1. The fourth-order valence-corrected chi connectivity index (χ4v) is 2.01. The van der Waals surface area contributed by atoms with E-state index < -0.39 is 0 Å². The Balaban J connectivity index is 1.64. The largest absolute Gasteiger partial charge is 0.103 e. The highest BCUT2D eigenvalue weighted by Crippen LogP contribution is 2.34. The van der Waals surface area contributed by atoms with Crippen molar-refractivity contribution in [1.82, 2.24) is 0 Å². The van der Waals surface area contributed by atoms with Crippen LogP contribution in [0.2, 0.25) is 0 Å². The molecule has 82 valence electrons. The van der Waals surface area contributed by atoms with E-state index in [0.717, 1.165) is 5.92 Å². The first kappa shape index (κ1) is 11.8. The van der Waals surface area contributed by atoms with E-state index in [2.05, 4.69) is 6.58 Å². The summed E-state index contributed by atoms with van der Waals surface area (Å²) < 4.78 is 0. The van der Waals surface area contributed by atoms with Gasteiger partial charge in [-0.05, 0) is 18.8 Å². The number of hydrogen-bond acceptors (Lipinski definition) is 0. The smallest absolute Gasteiger partial charge is 0.0353 e. The number of rotatable bonds is 10. The highest BCUT2D eigenvalue weighted by molar-refractivity contribution is 4.72. The summed E-state index contributed by atoms with van der Waals surface area (Å²) in [4.78, 5) is 0. The lowest BCUT2D eigenvalue weighted by atomic mass is 10.1. The fraction of sp³-hybridized carbons (Fsp3) is 0.857. The van der Waals surface area contributed by atoms with Crippen LogP contribution in [-0.4, -0.2) is 0 Å². The zero-order valence-corrected chi connectivity index (χ0v) is 9.64. The van der Waals surface area contributed by atoms with Gasteiger partial charge in [0.1, 0.15) is 0 Å². The van der Waals surface area contributed by atoms with Gasteiger partial charge >= 0.3 is 0 Å². The molecule has 0 unspecified atom stereocenters. The molecular weight excluding hydrogens is 168 g/mol. The molecule has 14 heavy (non-hydrogen) atoms. The number of hydrogen-bond donors (Lipinski definition) is 0. The molecule has 0 aliphatic heterocycles. The Hall–Kier alpha value is -0.260. The van der Waals surface area contributed by atoms with Gasteiger partial charge in [-0.2, -0.15) is 0 Å². The molecule has 0 nitrogen and oxygen atoms in total. The zero-order valence-electron chi connectivity index (χ0n) is 9.64. The molecule has 0 heterocycles. The molecule has 0 saturated heterocycles. The summed E-state index contributed by atoms with van der Waals surface area (Å²) >= 11 is 0. The minimum Gasteiger partial charge on any atom is -0.103 e. The van der Waals surface area contributed by atoms with Crippen LogP contribution in [0.5, 0.6) is 0 Å². The maximum Gasteiger partial charge on any atom is -0.0353 e. The van der Waals surface area contributed by atoms with Gasteiger partial charge in [-0.1, -0.05) is 63.9 Å². The lowest BCUT2D eigenvalue weighted by Crippen LogP contribution is -1.82. The van der Waals surface area contributed by atoms with Crippen molar-refractivity contribution in [2.75, 3.05) is 0 Å². The maximum absolute atomic E-state index is 3.74. The van der Waals surface area contributed by atoms with Crippen LogP contribution in [-0.2, 0) is 0 Å². The first-order valence-electron chi connectivity index (χ1n) is 6.54. The number of unbranched alkanes of at least 4 members (excludes halogenated alkanes) is 7. The van der Waals surface area contributed by atoms with Gasteiger partial charge in [0.15, 0.2) is 0 Å². The third-order valence-corrected chi connectivity index (χ3v) is 3.22. The molecule has 0 heteroatoms.